The van der Waals surface area contributed by atoms with E-state index < -0.39 is 12.7 Å². The number of alkyl halides is 3. The molecule has 96 valence electrons. The summed E-state index contributed by atoms with van der Waals surface area (Å²) in [5.74, 6) is 0.722. The molecule has 5 heteroatoms. The first-order chi connectivity index (χ1) is 7.87. The molecule has 17 heavy (non-hydrogen) atoms. The number of rotatable bonds is 5. The van der Waals surface area contributed by atoms with Crippen molar-refractivity contribution in [2.75, 3.05) is 6.54 Å². The van der Waals surface area contributed by atoms with E-state index in [9.17, 15) is 13.2 Å². The van der Waals surface area contributed by atoms with Gasteiger partial charge < -0.3 is 10.1 Å². The van der Waals surface area contributed by atoms with Gasteiger partial charge in [0.25, 0.3) is 0 Å². The Kier molecular flexibility index (Phi) is 4.81. The largest absolute Gasteiger partial charge is 0.491 e. The first-order valence-corrected chi connectivity index (χ1v) is 5.40. The average Bonchev–Trinajstić information content (AvgIpc) is 2.18. The molecule has 0 aliphatic heterocycles. The van der Waals surface area contributed by atoms with Gasteiger partial charge in [0.2, 0.25) is 0 Å². The minimum atomic E-state index is -4.17. The summed E-state index contributed by atoms with van der Waals surface area (Å²) in [7, 11) is 0. The molecule has 1 rings (SSSR count). The van der Waals surface area contributed by atoms with Gasteiger partial charge in [0.1, 0.15) is 5.75 Å². The van der Waals surface area contributed by atoms with Crippen LogP contribution in [0.2, 0.25) is 0 Å². The highest BCUT2D eigenvalue weighted by atomic mass is 19.4. The Morgan fingerprint density at radius 3 is 2.24 bits per heavy atom. The van der Waals surface area contributed by atoms with E-state index in [-0.39, 0.29) is 12.6 Å². The van der Waals surface area contributed by atoms with Crippen molar-refractivity contribution < 1.29 is 17.9 Å². The summed E-state index contributed by atoms with van der Waals surface area (Å²) in [6, 6.07) is 7.01. The highest BCUT2D eigenvalue weighted by Gasteiger charge is 2.25. The Hall–Kier alpha value is -1.23. The molecule has 0 fully saturated rings. The molecule has 1 N–H and O–H groups in total. The maximum Gasteiger partial charge on any atom is 0.401 e. The van der Waals surface area contributed by atoms with Crippen LogP contribution in [-0.4, -0.2) is 18.8 Å². The Balaban J connectivity index is 2.40. The summed E-state index contributed by atoms with van der Waals surface area (Å²) < 4.78 is 41.1. The van der Waals surface area contributed by atoms with E-state index in [4.69, 9.17) is 4.74 Å². The van der Waals surface area contributed by atoms with Crippen LogP contribution in [0, 0.1) is 0 Å². The van der Waals surface area contributed by atoms with Gasteiger partial charge in [-0.1, -0.05) is 12.1 Å². The Labute approximate surface area is 98.8 Å². The SMILES string of the molecule is CC(C)Oc1ccc(CNCC(F)(F)F)cc1. The Morgan fingerprint density at radius 1 is 1.18 bits per heavy atom. The zero-order valence-corrected chi connectivity index (χ0v) is 9.84. The smallest absolute Gasteiger partial charge is 0.401 e. The zero-order chi connectivity index (χ0) is 12.9. The monoisotopic (exact) mass is 247 g/mol. The molecular weight excluding hydrogens is 231 g/mol. The average molecular weight is 247 g/mol. The summed E-state index contributed by atoms with van der Waals surface area (Å²) in [5.41, 5.74) is 0.797. The summed E-state index contributed by atoms with van der Waals surface area (Å²) in [5, 5.41) is 2.34. The number of hydrogen-bond acceptors (Lipinski definition) is 2. The van der Waals surface area contributed by atoms with Crippen LogP contribution in [-0.2, 0) is 6.54 Å². The fraction of sp³-hybridized carbons (Fsp3) is 0.500. The molecule has 0 aliphatic rings. The van der Waals surface area contributed by atoms with Crippen molar-refractivity contribution in [1.82, 2.24) is 5.32 Å². The van der Waals surface area contributed by atoms with E-state index >= 15 is 0 Å². The summed E-state index contributed by atoms with van der Waals surface area (Å²) in [6.45, 7) is 3.05. The molecule has 0 aromatic heterocycles. The van der Waals surface area contributed by atoms with E-state index in [1.54, 1.807) is 24.3 Å². The molecule has 0 atom stereocenters. The normalized spacial score (nSPS) is 11.9. The second-order valence-corrected chi connectivity index (χ2v) is 4.03. The number of nitrogens with one attached hydrogen (secondary N) is 1. The van der Waals surface area contributed by atoms with Gasteiger partial charge in [-0.15, -0.1) is 0 Å². The van der Waals surface area contributed by atoms with Crippen molar-refractivity contribution in [3.05, 3.63) is 29.8 Å². The topological polar surface area (TPSA) is 21.3 Å². The van der Waals surface area contributed by atoms with Crippen LogP contribution in [0.1, 0.15) is 19.4 Å². The van der Waals surface area contributed by atoms with Crippen LogP contribution in [0.15, 0.2) is 24.3 Å². The van der Waals surface area contributed by atoms with Crippen LogP contribution >= 0.6 is 0 Å². The molecule has 0 saturated heterocycles. The van der Waals surface area contributed by atoms with E-state index in [2.05, 4.69) is 5.32 Å². The van der Waals surface area contributed by atoms with Crippen LogP contribution < -0.4 is 10.1 Å². The second kappa shape index (κ2) is 5.91. The third-order valence-electron chi connectivity index (χ3n) is 1.95. The van der Waals surface area contributed by atoms with E-state index in [1.807, 2.05) is 13.8 Å². The zero-order valence-electron chi connectivity index (χ0n) is 9.84. The van der Waals surface area contributed by atoms with Gasteiger partial charge in [-0.2, -0.15) is 13.2 Å². The minimum Gasteiger partial charge on any atom is -0.491 e. The van der Waals surface area contributed by atoms with Crippen LogP contribution in [0.25, 0.3) is 0 Å². The predicted molar refractivity (Wildman–Crippen MR) is 60.0 cm³/mol. The van der Waals surface area contributed by atoms with Crippen LogP contribution in [0.3, 0.4) is 0 Å². The van der Waals surface area contributed by atoms with E-state index in [0.29, 0.717) is 0 Å². The van der Waals surface area contributed by atoms with Crippen molar-refractivity contribution >= 4 is 0 Å². The molecule has 0 radical (unpaired) electrons. The number of halogens is 3. The van der Waals surface area contributed by atoms with Gasteiger partial charge >= 0.3 is 6.18 Å². The molecule has 1 aromatic rings. The highest BCUT2D eigenvalue weighted by Crippen LogP contribution is 2.15. The Bertz CT molecular complexity index is 333. The number of ether oxygens (including phenoxy) is 1. The first kappa shape index (κ1) is 13.8. The predicted octanol–water partition coefficient (Wildman–Crippen LogP) is 3.13. The third-order valence-corrected chi connectivity index (χ3v) is 1.95. The molecule has 0 bridgehead atoms. The lowest BCUT2D eigenvalue weighted by molar-refractivity contribution is -0.125. The Morgan fingerprint density at radius 2 is 1.76 bits per heavy atom. The molecule has 0 amide bonds. The second-order valence-electron chi connectivity index (χ2n) is 4.03. The molecular formula is C12H16F3NO. The minimum absolute atomic E-state index is 0.0872. The molecule has 0 heterocycles. The van der Waals surface area contributed by atoms with Crippen LogP contribution in [0.4, 0.5) is 13.2 Å². The summed E-state index contributed by atoms with van der Waals surface area (Å²) in [6.07, 6.45) is -4.08. The highest BCUT2D eigenvalue weighted by molar-refractivity contribution is 5.27. The number of benzene rings is 1. The molecule has 2 nitrogen and oxygen atoms in total. The maximum absolute atomic E-state index is 11.9. The van der Waals surface area contributed by atoms with Crippen molar-refractivity contribution in [2.45, 2.75) is 32.7 Å². The summed E-state index contributed by atoms with van der Waals surface area (Å²) in [4.78, 5) is 0. The van der Waals surface area contributed by atoms with Gasteiger partial charge in [-0.05, 0) is 31.5 Å². The van der Waals surface area contributed by atoms with E-state index in [1.165, 1.54) is 0 Å². The lowest BCUT2D eigenvalue weighted by Crippen LogP contribution is -2.28. The van der Waals surface area contributed by atoms with Gasteiger partial charge in [-0.3, -0.25) is 0 Å². The maximum atomic E-state index is 11.9. The molecule has 1 aromatic carbocycles. The molecule has 0 saturated carbocycles. The van der Waals surface area contributed by atoms with Crippen molar-refractivity contribution in [2.24, 2.45) is 0 Å². The first-order valence-electron chi connectivity index (χ1n) is 5.40. The van der Waals surface area contributed by atoms with Crippen molar-refractivity contribution in [3.8, 4) is 5.75 Å². The lowest BCUT2D eigenvalue weighted by Gasteiger charge is -2.11. The third kappa shape index (κ3) is 6.16. The van der Waals surface area contributed by atoms with Gasteiger partial charge in [0, 0.05) is 6.54 Å². The van der Waals surface area contributed by atoms with Gasteiger partial charge in [0.05, 0.1) is 12.6 Å². The summed E-state index contributed by atoms with van der Waals surface area (Å²) >= 11 is 0. The molecule has 0 unspecified atom stereocenters. The molecule has 0 spiro atoms. The fourth-order valence-electron chi connectivity index (χ4n) is 1.31. The van der Waals surface area contributed by atoms with Crippen molar-refractivity contribution in [1.29, 1.82) is 0 Å². The lowest BCUT2D eigenvalue weighted by atomic mass is 10.2. The van der Waals surface area contributed by atoms with Crippen LogP contribution in [0.5, 0.6) is 5.75 Å². The number of hydrogen-bond donors (Lipinski definition) is 1. The molecule has 0 aliphatic carbocycles. The fourth-order valence-corrected chi connectivity index (χ4v) is 1.31. The standard InChI is InChI=1S/C12H16F3NO/c1-9(2)17-11-5-3-10(4-6-11)7-16-8-12(13,14)15/h3-6,9,16H,7-8H2,1-2H3. The van der Waals surface area contributed by atoms with Gasteiger partial charge in [0.15, 0.2) is 0 Å². The van der Waals surface area contributed by atoms with Crippen molar-refractivity contribution in [3.63, 3.8) is 0 Å². The quantitative estimate of drug-likeness (QED) is 0.863. The van der Waals surface area contributed by atoms with Gasteiger partial charge in [-0.25, -0.2) is 0 Å². The van der Waals surface area contributed by atoms with E-state index in [0.717, 1.165) is 11.3 Å².